The summed E-state index contributed by atoms with van der Waals surface area (Å²) in [5.41, 5.74) is -2.24. The fourth-order valence-electron chi connectivity index (χ4n) is 3.13. The van der Waals surface area contributed by atoms with Crippen molar-refractivity contribution in [3.63, 3.8) is 0 Å². The fourth-order valence-corrected chi connectivity index (χ4v) is 3.87. The second-order valence-corrected chi connectivity index (χ2v) is 7.70. The van der Waals surface area contributed by atoms with Gasteiger partial charge in [0.1, 0.15) is 13.2 Å². The van der Waals surface area contributed by atoms with Crippen molar-refractivity contribution >= 4 is 22.4 Å². The topological polar surface area (TPSA) is 98.5 Å². The van der Waals surface area contributed by atoms with E-state index in [-0.39, 0.29) is 5.13 Å². The van der Waals surface area contributed by atoms with Crippen LogP contribution in [0.5, 0.6) is 11.5 Å². The van der Waals surface area contributed by atoms with Gasteiger partial charge in [-0.05, 0) is 18.2 Å². The molecule has 31 heavy (non-hydrogen) atoms. The van der Waals surface area contributed by atoms with Crippen LogP contribution in [0.1, 0.15) is 12.2 Å². The van der Waals surface area contributed by atoms with Gasteiger partial charge in [-0.1, -0.05) is 0 Å². The van der Waals surface area contributed by atoms with Crippen molar-refractivity contribution in [3.8, 4) is 22.8 Å². The zero-order chi connectivity index (χ0) is 22.2. The van der Waals surface area contributed by atoms with Crippen LogP contribution in [0.25, 0.3) is 11.3 Å². The lowest BCUT2D eigenvalue weighted by atomic mass is 9.97. The lowest BCUT2D eigenvalue weighted by molar-refractivity contribution is -0.270. The molecule has 4 rings (SSSR count). The van der Waals surface area contributed by atoms with Crippen LogP contribution < -0.4 is 14.8 Å². The van der Waals surface area contributed by atoms with Crippen molar-refractivity contribution in [1.29, 1.82) is 0 Å². The molecular weight excluding hydrogens is 437 g/mol. The summed E-state index contributed by atoms with van der Waals surface area (Å²) in [4.78, 5) is 20.2. The molecule has 2 aromatic heterocycles. The average Bonchev–Trinajstić information content (AvgIpc) is 3.35. The molecule has 8 nitrogen and oxygen atoms in total. The third kappa shape index (κ3) is 4.08. The number of ether oxygens (including phenoxy) is 2. The number of nitrogens with one attached hydrogen (secondary N) is 1. The lowest BCUT2D eigenvalue weighted by Crippen LogP contribution is -2.46. The lowest BCUT2D eigenvalue weighted by Gasteiger charge is -2.29. The van der Waals surface area contributed by atoms with Gasteiger partial charge < -0.3 is 24.5 Å². The van der Waals surface area contributed by atoms with Crippen molar-refractivity contribution in [2.75, 3.05) is 18.5 Å². The highest BCUT2D eigenvalue weighted by Crippen LogP contribution is 2.41. The second kappa shape index (κ2) is 7.85. The number of alkyl halides is 3. The summed E-state index contributed by atoms with van der Waals surface area (Å²) in [7, 11) is 1.30. The van der Waals surface area contributed by atoms with Crippen molar-refractivity contribution < 1.29 is 32.5 Å². The highest BCUT2D eigenvalue weighted by molar-refractivity contribution is 7.14. The Labute approximate surface area is 178 Å². The largest absolute Gasteiger partial charge is 0.486 e. The minimum Gasteiger partial charge on any atom is -0.486 e. The van der Waals surface area contributed by atoms with Gasteiger partial charge in [0.05, 0.1) is 12.1 Å². The summed E-state index contributed by atoms with van der Waals surface area (Å²) in [5.74, 6) is -0.552. The van der Waals surface area contributed by atoms with E-state index in [1.807, 2.05) is 0 Å². The van der Waals surface area contributed by atoms with Crippen LogP contribution in [0.4, 0.5) is 18.3 Å². The van der Waals surface area contributed by atoms with Crippen LogP contribution in [-0.2, 0) is 17.4 Å². The van der Waals surface area contributed by atoms with E-state index in [0.29, 0.717) is 36.0 Å². The Morgan fingerprint density at radius 2 is 2.03 bits per heavy atom. The number of nitrogens with zero attached hydrogens (tertiary/aromatic N) is 3. The van der Waals surface area contributed by atoms with Crippen LogP contribution in [0.15, 0.2) is 36.0 Å². The SMILES string of the molecule is Cn1ccnc1C(O)(CC(=O)Nc1nc(-c2ccc3c(c2)OCCO3)cs1)C(F)(F)F. The number of imidazole rings is 1. The third-order valence-corrected chi connectivity index (χ3v) is 5.42. The third-order valence-electron chi connectivity index (χ3n) is 4.66. The second-order valence-electron chi connectivity index (χ2n) is 6.84. The molecule has 2 N–H and O–H groups in total. The van der Waals surface area contributed by atoms with Crippen molar-refractivity contribution in [2.45, 2.75) is 18.2 Å². The Bertz CT molecular complexity index is 1110. The Morgan fingerprint density at radius 3 is 2.71 bits per heavy atom. The van der Waals surface area contributed by atoms with Crippen LogP contribution in [0, 0.1) is 0 Å². The van der Waals surface area contributed by atoms with E-state index >= 15 is 0 Å². The number of halogens is 3. The maximum absolute atomic E-state index is 13.6. The number of thiazole rings is 1. The van der Waals surface area contributed by atoms with Crippen molar-refractivity contribution in [2.24, 2.45) is 7.05 Å². The number of carbonyl (C=O) groups is 1. The van der Waals surface area contributed by atoms with Gasteiger partial charge in [0.15, 0.2) is 22.5 Å². The minimum atomic E-state index is -5.11. The Morgan fingerprint density at radius 1 is 1.29 bits per heavy atom. The minimum absolute atomic E-state index is 0.0965. The van der Waals surface area contributed by atoms with E-state index in [1.165, 1.54) is 13.2 Å². The molecule has 0 aliphatic carbocycles. The molecule has 3 aromatic rings. The smallest absolute Gasteiger partial charge is 0.425 e. The first-order valence-corrected chi connectivity index (χ1v) is 9.97. The van der Waals surface area contributed by atoms with Gasteiger partial charge >= 0.3 is 6.18 Å². The molecule has 0 fully saturated rings. The van der Waals surface area contributed by atoms with Crippen LogP contribution in [0.3, 0.4) is 0 Å². The molecule has 0 saturated heterocycles. The molecule has 0 bridgehead atoms. The normalized spacial score (nSPS) is 15.4. The Hall–Kier alpha value is -3.12. The fraction of sp³-hybridized carbons (Fsp3) is 0.316. The van der Waals surface area contributed by atoms with Gasteiger partial charge in [0.2, 0.25) is 11.5 Å². The number of hydrogen-bond donors (Lipinski definition) is 2. The zero-order valence-corrected chi connectivity index (χ0v) is 17.0. The summed E-state index contributed by atoms with van der Waals surface area (Å²) >= 11 is 1.05. The first-order chi connectivity index (χ1) is 14.7. The van der Waals surface area contributed by atoms with Gasteiger partial charge in [-0.25, -0.2) is 9.97 Å². The summed E-state index contributed by atoms with van der Waals surface area (Å²) in [5, 5.41) is 14.4. The number of hydrogen-bond acceptors (Lipinski definition) is 7. The molecule has 12 heteroatoms. The van der Waals surface area contributed by atoms with E-state index in [0.717, 1.165) is 22.1 Å². The number of anilines is 1. The predicted molar refractivity (Wildman–Crippen MR) is 105 cm³/mol. The molecule has 0 spiro atoms. The Balaban J connectivity index is 1.50. The van der Waals surface area contributed by atoms with Crippen LogP contribution in [-0.4, -0.2) is 44.9 Å². The Kier molecular flexibility index (Phi) is 5.35. The number of aryl methyl sites for hydroxylation is 1. The number of fused-ring (bicyclic) bond motifs is 1. The van der Waals surface area contributed by atoms with Gasteiger partial charge in [0, 0.05) is 30.4 Å². The number of amides is 1. The summed E-state index contributed by atoms with van der Waals surface area (Å²) in [6.45, 7) is 0.884. The summed E-state index contributed by atoms with van der Waals surface area (Å²) in [6.07, 6.45) is -4.00. The number of benzene rings is 1. The quantitative estimate of drug-likeness (QED) is 0.615. The number of aromatic nitrogens is 3. The molecule has 1 aliphatic heterocycles. The van der Waals surface area contributed by atoms with Gasteiger partial charge in [-0.2, -0.15) is 13.2 Å². The average molecular weight is 454 g/mol. The van der Waals surface area contributed by atoms with E-state index < -0.39 is 29.9 Å². The molecule has 0 radical (unpaired) electrons. The molecule has 0 saturated carbocycles. The van der Waals surface area contributed by atoms with Crippen molar-refractivity contribution in [1.82, 2.24) is 14.5 Å². The molecule has 1 unspecified atom stereocenters. The van der Waals surface area contributed by atoms with E-state index in [1.54, 1.807) is 23.6 Å². The first-order valence-electron chi connectivity index (χ1n) is 9.10. The molecule has 1 atom stereocenters. The van der Waals surface area contributed by atoms with Crippen molar-refractivity contribution in [3.05, 3.63) is 41.8 Å². The van der Waals surface area contributed by atoms with Gasteiger partial charge in [0.25, 0.3) is 0 Å². The van der Waals surface area contributed by atoms with Gasteiger partial charge in [-0.15, -0.1) is 11.3 Å². The standard InChI is InChI=1S/C19H17F3N4O4S/c1-26-5-4-23-16(26)18(28,19(20,21)22)9-15(27)25-17-24-12(10-31-17)11-2-3-13-14(8-11)30-7-6-29-13/h2-5,8,10,28H,6-7,9H2,1H3,(H,24,25,27). The molecule has 1 aromatic carbocycles. The van der Waals surface area contributed by atoms with E-state index in [9.17, 15) is 23.1 Å². The molecule has 3 heterocycles. The maximum Gasteiger partial charge on any atom is 0.425 e. The maximum atomic E-state index is 13.6. The monoisotopic (exact) mass is 454 g/mol. The number of rotatable bonds is 5. The van der Waals surface area contributed by atoms with Crippen LogP contribution >= 0.6 is 11.3 Å². The zero-order valence-electron chi connectivity index (χ0n) is 16.1. The summed E-state index contributed by atoms with van der Waals surface area (Å²) in [6, 6.07) is 5.23. The molecule has 164 valence electrons. The highest BCUT2D eigenvalue weighted by atomic mass is 32.1. The summed E-state index contributed by atoms with van der Waals surface area (Å²) < 4.78 is 52.8. The van der Waals surface area contributed by atoms with E-state index in [2.05, 4.69) is 15.3 Å². The van der Waals surface area contributed by atoms with E-state index in [4.69, 9.17) is 9.47 Å². The molecular formula is C19H17F3N4O4S. The van der Waals surface area contributed by atoms with Gasteiger partial charge in [-0.3, -0.25) is 4.79 Å². The highest BCUT2D eigenvalue weighted by Gasteiger charge is 2.58. The molecule has 1 amide bonds. The van der Waals surface area contributed by atoms with Crippen LogP contribution in [0.2, 0.25) is 0 Å². The predicted octanol–water partition coefficient (Wildman–Crippen LogP) is 3.09. The first kappa shape index (κ1) is 21.1. The number of aliphatic hydroxyl groups is 1. The molecule has 1 aliphatic rings. The number of carbonyl (C=O) groups excluding carboxylic acids is 1.